The zero-order valence-electron chi connectivity index (χ0n) is 20.5. The van der Waals surface area contributed by atoms with Gasteiger partial charge in [0.1, 0.15) is 0 Å². The van der Waals surface area contributed by atoms with Gasteiger partial charge in [-0.05, 0) is 145 Å². The Hall–Kier alpha value is -1.06. The van der Waals surface area contributed by atoms with Crippen molar-refractivity contribution >= 4 is 11.8 Å². The Bertz CT molecular complexity index is 682. The maximum atomic E-state index is 13.5. The van der Waals surface area contributed by atoms with Crippen LogP contribution in [0.2, 0.25) is 0 Å². The third kappa shape index (κ3) is 3.68. The van der Waals surface area contributed by atoms with E-state index in [1.54, 1.807) is 0 Å². The second-order valence-corrected chi connectivity index (χ2v) is 14.2. The molecule has 182 valence electrons. The fourth-order valence-corrected chi connectivity index (χ4v) is 11.0. The average Bonchev–Trinajstić information content (AvgIpc) is 2.97. The summed E-state index contributed by atoms with van der Waals surface area (Å²) in [5, 5.41) is 7.09. The number of rotatable bonds is 4. The maximum Gasteiger partial charge on any atom is 0.226 e. The molecule has 0 radical (unpaired) electrons. The van der Waals surface area contributed by atoms with Gasteiger partial charge in [-0.2, -0.15) is 0 Å². The molecule has 4 heteroatoms. The van der Waals surface area contributed by atoms with Gasteiger partial charge in [0.15, 0.2) is 0 Å². The molecule has 2 atom stereocenters. The van der Waals surface area contributed by atoms with Crippen LogP contribution in [0.15, 0.2) is 0 Å². The van der Waals surface area contributed by atoms with Crippen molar-refractivity contribution < 1.29 is 9.59 Å². The molecule has 0 spiro atoms. The molecule has 0 aromatic rings. The Kier molecular flexibility index (Phi) is 4.97. The van der Waals surface area contributed by atoms with Gasteiger partial charge in [-0.3, -0.25) is 9.59 Å². The molecule has 9 aliphatic carbocycles. The molecular weight excluding hydrogens is 408 g/mol. The van der Waals surface area contributed by atoms with Crippen LogP contribution in [0.25, 0.3) is 0 Å². The molecular formula is C29H44N2O2. The monoisotopic (exact) mass is 452 g/mol. The number of amides is 2. The zero-order valence-corrected chi connectivity index (χ0v) is 20.5. The van der Waals surface area contributed by atoms with Gasteiger partial charge in [0, 0.05) is 22.9 Å². The lowest BCUT2D eigenvalue weighted by atomic mass is 9.49. The topological polar surface area (TPSA) is 58.2 Å². The van der Waals surface area contributed by atoms with Gasteiger partial charge in [-0.15, -0.1) is 0 Å². The van der Waals surface area contributed by atoms with Crippen LogP contribution in [0.4, 0.5) is 0 Å². The number of hydrogen-bond donors (Lipinski definition) is 2. The van der Waals surface area contributed by atoms with Crippen molar-refractivity contribution in [3.63, 3.8) is 0 Å². The molecule has 2 N–H and O–H groups in total. The van der Waals surface area contributed by atoms with E-state index in [-0.39, 0.29) is 10.8 Å². The molecule has 0 aromatic carbocycles. The van der Waals surface area contributed by atoms with Crippen LogP contribution >= 0.6 is 0 Å². The van der Waals surface area contributed by atoms with E-state index in [2.05, 4.69) is 10.6 Å². The highest BCUT2D eigenvalue weighted by Crippen LogP contribution is 2.61. The van der Waals surface area contributed by atoms with Crippen LogP contribution in [0, 0.1) is 46.3 Å². The normalized spacial score (nSPS) is 51.9. The van der Waals surface area contributed by atoms with E-state index in [0.29, 0.717) is 23.9 Å². The van der Waals surface area contributed by atoms with Gasteiger partial charge >= 0.3 is 0 Å². The Morgan fingerprint density at radius 1 is 0.485 bits per heavy atom. The summed E-state index contributed by atoms with van der Waals surface area (Å²) >= 11 is 0. The van der Waals surface area contributed by atoms with E-state index in [1.807, 2.05) is 0 Å². The van der Waals surface area contributed by atoms with Crippen molar-refractivity contribution in [2.75, 3.05) is 0 Å². The average molecular weight is 453 g/mol. The first-order chi connectivity index (χ1) is 16.0. The Morgan fingerprint density at radius 3 is 1.09 bits per heavy atom. The summed E-state index contributed by atoms with van der Waals surface area (Å²) in [6, 6.07) is 0.624. The van der Waals surface area contributed by atoms with E-state index in [1.165, 1.54) is 38.5 Å². The summed E-state index contributed by atoms with van der Waals surface area (Å²) in [7, 11) is 0. The summed E-state index contributed by atoms with van der Waals surface area (Å²) in [4.78, 5) is 27.0. The molecule has 9 fully saturated rings. The summed E-state index contributed by atoms with van der Waals surface area (Å²) < 4.78 is 0. The lowest BCUT2D eigenvalue weighted by Crippen LogP contribution is -2.55. The predicted molar refractivity (Wildman–Crippen MR) is 128 cm³/mol. The first-order valence-corrected chi connectivity index (χ1v) is 14.6. The predicted octanol–water partition coefficient (Wildman–Crippen LogP) is 5.35. The largest absolute Gasteiger partial charge is 0.353 e. The molecule has 0 saturated heterocycles. The van der Waals surface area contributed by atoms with Crippen molar-refractivity contribution in [2.45, 2.75) is 121 Å². The molecule has 9 saturated carbocycles. The smallest absolute Gasteiger partial charge is 0.226 e. The van der Waals surface area contributed by atoms with E-state index in [0.717, 1.165) is 106 Å². The van der Waals surface area contributed by atoms with E-state index in [4.69, 9.17) is 0 Å². The Balaban J connectivity index is 0.952. The van der Waals surface area contributed by atoms with Crippen LogP contribution in [-0.4, -0.2) is 23.9 Å². The van der Waals surface area contributed by atoms with Crippen molar-refractivity contribution in [1.29, 1.82) is 0 Å². The van der Waals surface area contributed by atoms with E-state index in [9.17, 15) is 9.59 Å². The van der Waals surface area contributed by atoms with Crippen molar-refractivity contribution in [2.24, 2.45) is 46.3 Å². The lowest BCUT2D eigenvalue weighted by Gasteiger charge is -2.56. The quantitative estimate of drug-likeness (QED) is 0.565. The molecule has 33 heavy (non-hydrogen) atoms. The van der Waals surface area contributed by atoms with E-state index >= 15 is 0 Å². The third-order valence-corrected chi connectivity index (χ3v) is 11.7. The number of nitrogens with one attached hydrogen (secondary N) is 2. The molecule has 2 unspecified atom stereocenters. The standard InChI is InChI=1S/C29H44N2O2/c32-26(28-12-18-6-19(13-28)8-20(7-18)14-28)30-24-2-1-3-25(5-4-24)31-27(33)29-15-21-9-22(16-29)11-23(10-21)17-29/h18-25H,1-17H2,(H,30,32)(H,31,33). The minimum atomic E-state index is -0.0345. The highest BCUT2D eigenvalue weighted by Gasteiger charge is 2.56. The Labute approximate surface area is 199 Å². The molecule has 9 rings (SSSR count). The molecule has 0 aliphatic heterocycles. The second-order valence-electron chi connectivity index (χ2n) is 14.2. The number of hydrogen-bond acceptors (Lipinski definition) is 2. The van der Waals surface area contributed by atoms with Gasteiger partial charge in [0.05, 0.1) is 0 Å². The van der Waals surface area contributed by atoms with E-state index < -0.39 is 0 Å². The maximum absolute atomic E-state index is 13.5. The third-order valence-electron chi connectivity index (χ3n) is 11.7. The van der Waals surface area contributed by atoms with Gasteiger partial charge in [-0.1, -0.05) is 0 Å². The van der Waals surface area contributed by atoms with Crippen LogP contribution < -0.4 is 10.6 Å². The second kappa shape index (κ2) is 7.72. The molecule has 2 amide bonds. The van der Waals surface area contributed by atoms with Gasteiger partial charge in [0.25, 0.3) is 0 Å². The molecule has 0 aromatic heterocycles. The Morgan fingerprint density at radius 2 is 0.788 bits per heavy atom. The van der Waals surface area contributed by atoms with Gasteiger partial charge in [-0.25, -0.2) is 0 Å². The minimum Gasteiger partial charge on any atom is -0.353 e. The van der Waals surface area contributed by atoms with Gasteiger partial charge in [0.2, 0.25) is 11.8 Å². The van der Waals surface area contributed by atoms with Gasteiger partial charge < -0.3 is 10.6 Å². The molecule has 0 heterocycles. The van der Waals surface area contributed by atoms with Crippen LogP contribution in [0.3, 0.4) is 0 Å². The highest BCUT2D eigenvalue weighted by atomic mass is 16.2. The molecule has 4 nitrogen and oxygen atoms in total. The van der Waals surface area contributed by atoms with Crippen LogP contribution in [0.1, 0.15) is 109 Å². The summed E-state index contributed by atoms with van der Waals surface area (Å²) in [6.45, 7) is 0. The van der Waals surface area contributed by atoms with Crippen LogP contribution in [0.5, 0.6) is 0 Å². The van der Waals surface area contributed by atoms with Crippen molar-refractivity contribution in [1.82, 2.24) is 10.6 Å². The van der Waals surface area contributed by atoms with Crippen molar-refractivity contribution in [3.05, 3.63) is 0 Å². The number of carbonyl (C=O) groups excluding carboxylic acids is 2. The minimum absolute atomic E-state index is 0.0345. The zero-order chi connectivity index (χ0) is 22.2. The summed E-state index contributed by atoms with van der Waals surface area (Å²) in [5.41, 5.74) is -0.0691. The van der Waals surface area contributed by atoms with Crippen LogP contribution in [-0.2, 0) is 9.59 Å². The fraction of sp³-hybridized carbons (Fsp3) is 0.931. The molecule has 9 aliphatic rings. The first-order valence-electron chi connectivity index (χ1n) is 14.6. The molecule has 8 bridgehead atoms. The lowest BCUT2D eigenvalue weighted by molar-refractivity contribution is -0.147. The number of carbonyl (C=O) groups is 2. The SMILES string of the molecule is O=C(NC1CCCC(NC(=O)C23CC4CC(CC(C4)C2)C3)CC1)C12CC3CC(CC(C3)C1)C2. The first kappa shape index (κ1) is 21.2. The van der Waals surface area contributed by atoms with Crippen molar-refractivity contribution in [3.8, 4) is 0 Å². The highest BCUT2D eigenvalue weighted by molar-refractivity contribution is 5.84. The fourth-order valence-electron chi connectivity index (χ4n) is 11.0. The summed E-state index contributed by atoms with van der Waals surface area (Å²) in [6.07, 6.45) is 20.6. The summed E-state index contributed by atoms with van der Waals surface area (Å²) in [5.74, 6) is 5.70.